The summed E-state index contributed by atoms with van der Waals surface area (Å²) < 4.78 is 6.47. The van der Waals surface area contributed by atoms with Crippen molar-refractivity contribution < 1.29 is 14.3 Å². The lowest BCUT2D eigenvalue weighted by molar-refractivity contribution is -0.125. The molecule has 0 radical (unpaired) electrons. The molecule has 2 N–H and O–H groups in total. The highest BCUT2D eigenvalue weighted by Crippen LogP contribution is 2.23. The van der Waals surface area contributed by atoms with E-state index in [1.54, 1.807) is 33.9 Å². The minimum atomic E-state index is -0.522. The summed E-state index contributed by atoms with van der Waals surface area (Å²) >= 11 is 0. The van der Waals surface area contributed by atoms with Gasteiger partial charge in [0.05, 0.1) is 5.69 Å². The second-order valence-electron chi connectivity index (χ2n) is 7.59. The molecule has 1 heterocycles. The second kappa shape index (κ2) is 8.33. The molecule has 0 fully saturated rings. The Morgan fingerprint density at radius 3 is 2.69 bits per heavy atom. The van der Waals surface area contributed by atoms with Crippen LogP contribution in [0.1, 0.15) is 44.9 Å². The van der Waals surface area contributed by atoms with Gasteiger partial charge in [-0.15, -0.1) is 0 Å². The largest absolute Gasteiger partial charge is 0.444 e. The van der Waals surface area contributed by atoms with E-state index in [0.29, 0.717) is 32.4 Å². The summed E-state index contributed by atoms with van der Waals surface area (Å²) in [4.78, 5) is 35.5. The number of nitrogens with zero attached hydrogens (tertiary/aromatic N) is 2. The number of ether oxygens (including phenoxy) is 1. The van der Waals surface area contributed by atoms with Crippen molar-refractivity contribution in [1.82, 2.24) is 20.4 Å². The molecule has 0 spiro atoms. The van der Waals surface area contributed by atoms with Crippen molar-refractivity contribution in [3.8, 4) is 0 Å². The number of rotatable bonds is 5. The van der Waals surface area contributed by atoms with Crippen molar-refractivity contribution in [3.05, 3.63) is 27.7 Å². The molecule has 8 nitrogen and oxygen atoms in total. The molecule has 0 unspecified atom stereocenters. The van der Waals surface area contributed by atoms with Gasteiger partial charge in [0.2, 0.25) is 5.91 Å². The summed E-state index contributed by atoms with van der Waals surface area (Å²) in [6, 6.07) is 1.58. The molecule has 1 aliphatic carbocycles. The van der Waals surface area contributed by atoms with Gasteiger partial charge in [0.15, 0.2) is 0 Å². The van der Waals surface area contributed by atoms with E-state index in [9.17, 15) is 14.4 Å². The number of hydrogen-bond acceptors (Lipinski definition) is 5. The first-order valence-electron chi connectivity index (χ1n) is 8.96. The molecule has 0 saturated heterocycles. The quantitative estimate of drug-likeness (QED) is 0.756. The average molecular weight is 364 g/mol. The highest BCUT2D eigenvalue weighted by molar-refractivity contribution is 5.79. The van der Waals surface area contributed by atoms with Crippen molar-refractivity contribution in [2.45, 2.75) is 52.1 Å². The van der Waals surface area contributed by atoms with Crippen molar-refractivity contribution >= 4 is 12.0 Å². The maximum Gasteiger partial charge on any atom is 0.407 e. The van der Waals surface area contributed by atoms with Gasteiger partial charge < -0.3 is 15.4 Å². The van der Waals surface area contributed by atoms with Gasteiger partial charge in [0, 0.05) is 32.1 Å². The fraction of sp³-hybridized carbons (Fsp3) is 0.667. The van der Waals surface area contributed by atoms with E-state index in [4.69, 9.17) is 4.74 Å². The highest BCUT2D eigenvalue weighted by Gasteiger charge is 2.26. The predicted molar refractivity (Wildman–Crippen MR) is 96.9 cm³/mol. The molecule has 0 saturated carbocycles. The molecule has 1 aromatic rings. The minimum Gasteiger partial charge on any atom is -0.444 e. The van der Waals surface area contributed by atoms with Gasteiger partial charge in [-0.3, -0.25) is 9.59 Å². The SMILES string of the molecule is Cn1nc2c(cc1=O)C[C@H](C(=O)NCCCNC(=O)OC(C)(C)C)CC2. The lowest BCUT2D eigenvalue weighted by Crippen LogP contribution is -2.37. The molecule has 1 aliphatic rings. The van der Waals surface area contributed by atoms with Gasteiger partial charge in [-0.25, -0.2) is 9.48 Å². The molecule has 2 amide bonds. The van der Waals surface area contributed by atoms with Crippen LogP contribution < -0.4 is 16.2 Å². The lowest BCUT2D eigenvalue weighted by atomic mass is 9.86. The molecule has 0 bridgehead atoms. The summed E-state index contributed by atoms with van der Waals surface area (Å²) in [6.45, 7) is 6.33. The zero-order chi connectivity index (χ0) is 19.3. The third kappa shape index (κ3) is 5.86. The van der Waals surface area contributed by atoms with Crippen LogP contribution in [0.4, 0.5) is 4.79 Å². The van der Waals surface area contributed by atoms with Crippen LogP contribution in [0.15, 0.2) is 10.9 Å². The standard InChI is InChI=1S/C18H28N4O4/c1-18(2,3)26-17(25)20-9-5-8-19-16(24)12-6-7-14-13(10-12)11-15(23)22(4)21-14/h11-12H,5-10H2,1-4H3,(H,19,24)(H,20,25)/t12-/m1/s1. The number of aromatic nitrogens is 2. The molecule has 8 heteroatoms. The summed E-state index contributed by atoms with van der Waals surface area (Å²) in [7, 11) is 1.63. The van der Waals surface area contributed by atoms with Crippen LogP contribution in [0.5, 0.6) is 0 Å². The Kier molecular flexibility index (Phi) is 6.39. The van der Waals surface area contributed by atoms with Crippen LogP contribution in [-0.4, -0.2) is 40.5 Å². The maximum atomic E-state index is 12.3. The zero-order valence-corrected chi connectivity index (χ0v) is 15.9. The molecule has 1 atom stereocenters. The minimum absolute atomic E-state index is 0.0198. The van der Waals surface area contributed by atoms with Crippen molar-refractivity contribution in [2.24, 2.45) is 13.0 Å². The van der Waals surface area contributed by atoms with Crippen molar-refractivity contribution in [1.29, 1.82) is 0 Å². The molecule has 144 valence electrons. The number of nitrogens with one attached hydrogen (secondary N) is 2. The Balaban J connectivity index is 1.71. The Bertz CT molecular complexity index is 721. The molecular weight excluding hydrogens is 336 g/mol. The van der Waals surface area contributed by atoms with Gasteiger partial charge in [0.25, 0.3) is 5.56 Å². The van der Waals surface area contributed by atoms with Crippen molar-refractivity contribution in [3.63, 3.8) is 0 Å². The summed E-state index contributed by atoms with van der Waals surface area (Å²) in [5, 5.41) is 9.81. The first kappa shape index (κ1) is 19.9. The topological polar surface area (TPSA) is 102 Å². The van der Waals surface area contributed by atoms with Crippen LogP contribution in [0.25, 0.3) is 0 Å². The second-order valence-corrected chi connectivity index (χ2v) is 7.59. The Hall–Kier alpha value is -2.38. The average Bonchev–Trinajstić information content (AvgIpc) is 2.53. The smallest absolute Gasteiger partial charge is 0.407 e. The van der Waals surface area contributed by atoms with E-state index in [-0.39, 0.29) is 17.4 Å². The lowest BCUT2D eigenvalue weighted by Gasteiger charge is -2.23. The molecule has 1 aromatic heterocycles. The van der Waals surface area contributed by atoms with Gasteiger partial charge in [-0.2, -0.15) is 5.10 Å². The Morgan fingerprint density at radius 1 is 1.31 bits per heavy atom. The van der Waals surface area contributed by atoms with E-state index < -0.39 is 11.7 Å². The monoisotopic (exact) mass is 364 g/mol. The Morgan fingerprint density at radius 2 is 2.00 bits per heavy atom. The number of fused-ring (bicyclic) bond motifs is 1. The number of carbonyl (C=O) groups excluding carboxylic acids is 2. The first-order valence-corrected chi connectivity index (χ1v) is 8.96. The third-order valence-electron chi connectivity index (χ3n) is 4.15. The van der Waals surface area contributed by atoms with Crippen LogP contribution in [0.2, 0.25) is 0 Å². The number of carbonyl (C=O) groups is 2. The van der Waals surface area contributed by atoms with E-state index >= 15 is 0 Å². The first-order chi connectivity index (χ1) is 12.2. The highest BCUT2D eigenvalue weighted by atomic mass is 16.6. The van der Waals surface area contributed by atoms with Gasteiger partial charge in [-0.05, 0) is 52.0 Å². The van der Waals surface area contributed by atoms with Crippen LogP contribution in [0.3, 0.4) is 0 Å². The number of hydrogen-bond donors (Lipinski definition) is 2. The van der Waals surface area contributed by atoms with Gasteiger partial charge in [0.1, 0.15) is 5.60 Å². The zero-order valence-electron chi connectivity index (χ0n) is 15.9. The summed E-state index contributed by atoms with van der Waals surface area (Å²) in [5.74, 6) is -0.163. The number of amides is 2. The molecule has 0 aliphatic heterocycles. The summed E-state index contributed by atoms with van der Waals surface area (Å²) in [6.07, 6.45) is 2.13. The summed E-state index contributed by atoms with van der Waals surface area (Å²) in [5.41, 5.74) is 1.09. The van der Waals surface area contributed by atoms with Crippen LogP contribution in [-0.2, 0) is 29.4 Å². The molecule has 0 aromatic carbocycles. The number of alkyl carbamates (subject to hydrolysis) is 1. The van der Waals surface area contributed by atoms with E-state index in [0.717, 1.165) is 17.7 Å². The fourth-order valence-electron chi connectivity index (χ4n) is 2.86. The van der Waals surface area contributed by atoms with Crippen LogP contribution >= 0.6 is 0 Å². The third-order valence-corrected chi connectivity index (χ3v) is 4.15. The van der Waals surface area contributed by atoms with E-state index in [1.807, 2.05) is 0 Å². The normalized spacial score (nSPS) is 16.5. The maximum absolute atomic E-state index is 12.3. The number of aryl methyl sites for hydroxylation is 2. The molecular formula is C18H28N4O4. The van der Waals surface area contributed by atoms with Gasteiger partial charge >= 0.3 is 6.09 Å². The van der Waals surface area contributed by atoms with E-state index in [1.165, 1.54) is 4.68 Å². The van der Waals surface area contributed by atoms with Gasteiger partial charge in [-0.1, -0.05) is 0 Å². The van der Waals surface area contributed by atoms with Crippen LogP contribution in [0, 0.1) is 5.92 Å². The predicted octanol–water partition coefficient (Wildman–Crippen LogP) is 0.916. The molecule has 2 rings (SSSR count). The fourth-order valence-corrected chi connectivity index (χ4v) is 2.86. The molecule has 26 heavy (non-hydrogen) atoms. The van der Waals surface area contributed by atoms with Crippen molar-refractivity contribution in [2.75, 3.05) is 13.1 Å². The van der Waals surface area contributed by atoms with E-state index in [2.05, 4.69) is 15.7 Å². The Labute approximate surface area is 153 Å².